The van der Waals surface area contributed by atoms with Gasteiger partial charge in [0.25, 0.3) is 0 Å². The Bertz CT molecular complexity index is 360. The van der Waals surface area contributed by atoms with E-state index >= 15 is 0 Å². The van der Waals surface area contributed by atoms with Gasteiger partial charge in [0.1, 0.15) is 0 Å². The van der Waals surface area contributed by atoms with Crippen molar-refractivity contribution >= 4 is 8.07 Å². The number of hydrogen-bond donors (Lipinski definition) is 0. The van der Waals surface area contributed by atoms with Crippen LogP contribution in [0.5, 0.6) is 0 Å². The molecule has 196 valence electrons. The van der Waals surface area contributed by atoms with E-state index in [2.05, 4.69) is 41.8 Å². The number of unbranched alkanes of at least 4 members (excludes halogenated alkanes) is 15. The summed E-state index contributed by atoms with van der Waals surface area (Å²) in [6, 6.07) is 6.04. The summed E-state index contributed by atoms with van der Waals surface area (Å²) in [5.74, 6) is 0. The van der Waals surface area contributed by atoms with Crippen LogP contribution in [0.25, 0.3) is 0 Å². The van der Waals surface area contributed by atoms with Crippen LogP contribution >= 0.6 is 0 Å². The second-order valence-corrected chi connectivity index (χ2v) is 17.0. The van der Waals surface area contributed by atoms with Crippen molar-refractivity contribution in [2.45, 2.75) is 161 Å². The summed E-state index contributed by atoms with van der Waals surface area (Å²) in [5.41, 5.74) is 0. The first-order valence-electron chi connectivity index (χ1n) is 14.8. The fourth-order valence-corrected chi connectivity index (χ4v) is 8.83. The van der Waals surface area contributed by atoms with Gasteiger partial charge < -0.3 is 16.9 Å². The van der Waals surface area contributed by atoms with Gasteiger partial charge in [-0.15, -0.1) is 0 Å². The first kappa shape index (κ1) is 34.6. The molecule has 0 bridgehead atoms. The molecular weight excluding hydrogens is 426 g/mol. The Morgan fingerprint density at radius 3 is 1.09 bits per heavy atom. The zero-order chi connectivity index (χ0) is 23.3. The SMILES string of the molecule is CCCCCCCCCCCCCCCCCC[N+](C)(C)CCC[Si](CC)(CC)CC.[Cl-]. The molecule has 32 heavy (non-hydrogen) atoms. The van der Waals surface area contributed by atoms with Gasteiger partial charge in [-0.3, -0.25) is 0 Å². The Balaban J connectivity index is 0. The second-order valence-electron chi connectivity index (χ2n) is 11.4. The molecule has 0 aromatic heterocycles. The van der Waals surface area contributed by atoms with E-state index in [0.29, 0.717) is 0 Å². The van der Waals surface area contributed by atoms with Crippen molar-refractivity contribution in [2.75, 3.05) is 27.2 Å². The fraction of sp³-hybridized carbons (Fsp3) is 1.00. The largest absolute Gasteiger partial charge is 1.00 e. The highest BCUT2D eigenvalue weighted by molar-refractivity contribution is 6.79. The van der Waals surface area contributed by atoms with Gasteiger partial charge in [-0.05, 0) is 19.3 Å². The summed E-state index contributed by atoms with van der Waals surface area (Å²) in [5, 5.41) is 0. The molecule has 0 aliphatic heterocycles. The molecule has 0 saturated heterocycles. The number of rotatable bonds is 24. The molecule has 0 fully saturated rings. The third-order valence-corrected chi connectivity index (χ3v) is 14.3. The molecule has 0 aliphatic carbocycles. The van der Waals surface area contributed by atoms with Gasteiger partial charge in [-0.25, -0.2) is 0 Å². The highest BCUT2D eigenvalue weighted by Gasteiger charge is 2.27. The molecule has 0 radical (unpaired) electrons. The summed E-state index contributed by atoms with van der Waals surface area (Å²) in [7, 11) is 4.04. The molecule has 0 aromatic rings. The zero-order valence-electron chi connectivity index (χ0n) is 23.6. The third-order valence-electron chi connectivity index (χ3n) is 8.34. The van der Waals surface area contributed by atoms with Crippen LogP contribution in [-0.4, -0.2) is 39.7 Å². The minimum atomic E-state index is -0.904. The third kappa shape index (κ3) is 19.9. The van der Waals surface area contributed by atoms with E-state index < -0.39 is 8.07 Å². The number of quaternary nitrogens is 1. The van der Waals surface area contributed by atoms with Crippen molar-refractivity contribution in [3.8, 4) is 0 Å². The molecule has 3 heteroatoms. The molecule has 1 nitrogen and oxygen atoms in total. The van der Waals surface area contributed by atoms with Crippen LogP contribution in [0.4, 0.5) is 0 Å². The lowest BCUT2D eigenvalue weighted by Gasteiger charge is -2.33. The molecule has 0 spiro atoms. The van der Waals surface area contributed by atoms with E-state index in [4.69, 9.17) is 0 Å². The van der Waals surface area contributed by atoms with Crippen LogP contribution in [0.3, 0.4) is 0 Å². The summed E-state index contributed by atoms with van der Waals surface area (Å²) < 4.78 is 1.25. The summed E-state index contributed by atoms with van der Waals surface area (Å²) in [6.45, 7) is 12.5. The standard InChI is InChI=1S/C29H64NSi.ClH/c1-7-11-12-13-14-15-16-17-18-19-20-21-22-23-24-25-27-30(5,6)28-26-29-31(8-2,9-3)10-4;/h7-29H2,1-6H3;1H/q+1;/p-1. The van der Waals surface area contributed by atoms with Crippen molar-refractivity contribution < 1.29 is 16.9 Å². The molecule has 0 amide bonds. The number of halogens is 1. The van der Waals surface area contributed by atoms with Crippen LogP contribution in [-0.2, 0) is 0 Å². The molecule has 0 aromatic carbocycles. The van der Waals surface area contributed by atoms with E-state index in [1.54, 1.807) is 6.04 Å². The second kappa shape index (κ2) is 23.2. The van der Waals surface area contributed by atoms with E-state index in [9.17, 15) is 0 Å². The monoisotopic (exact) mass is 489 g/mol. The minimum Gasteiger partial charge on any atom is -1.00 e. The van der Waals surface area contributed by atoms with Crippen molar-refractivity contribution in [1.29, 1.82) is 0 Å². The normalized spacial score (nSPS) is 12.2. The van der Waals surface area contributed by atoms with Crippen molar-refractivity contribution in [1.82, 2.24) is 0 Å². The van der Waals surface area contributed by atoms with Gasteiger partial charge in [0.05, 0.1) is 35.3 Å². The van der Waals surface area contributed by atoms with Crippen LogP contribution in [0.2, 0.25) is 24.2 Å². The molecule has 0 atom stereocenters. The van der Waals surface area contributed by atoms with E-state index in [-0.39, 0.29) is 12.4 Å². The van der Waals surface area contributed by atoms with Crippen molar-refractivity contribution in [3.63, 3.8) is 0 Å². The Labute approximate surface area is 212 Å². The highest BCUT2D eigenvalue weighted by Crippen LogP contribution is 2.27. The Kier molecular flexibility index (Phi) is 25.1. The van der Waals surface area contributed by atoms with E-state index in [1.165, 1.54) is 145 Å². The molecule has 0 rings (SSSR count). The van der Waals surface area contributed by atoms with Gasteiger partial charge in [0.2, 0.25) is 0 Å². The minimum absolute atomic E-state index is 0. The Morgan fingerprint density at radius 2 is 0.750 bits per heavy atom. The summed E-state index contributed by atoms with van der Waals surface area (Å²) in [6.07, 6.45) is 24.9. The quantitative estimate of drug-likeness (QED) is 0.0761. The van der Waals surface area contributed by atoms with Crippen molar-refractivity contribution in [2.24, 2.45) is 0 Å². The lowest BCUT2D eigenvalue weighted by atomic mass is 10.0. The lowest BCUT2D eigenvalue weighted by Crippen LogP contribution is -3.00. The van der Waals surface area contributed by atoms with E-state index in [1.807, 2.05) is 0 Å². The van der Waals surface area contributed by atoms with Crippen LogP contribution < -0.4 is 12.4 Å². The molecule has 0 N–H and O–H groups in total. The van der Waals surface area contributed by atoms with Gasteiger partial charge in [0.15, 0.2) is 0 Å². The Morgan fingerprint density at radius 1 is 0.438 bits per heavy atom. The average molecular weight is 490 g/mol. The van der Waals surface area contributed by atoms with Crippen LogP contribution in [0.1, 0.15) is 137 Å². The maximum absolute atomic E-state index is 2.47. The maximum Gasteiger partial charge on any atom is 0.0782 e. The first-order valence-corrected chi connectivity index (χ1v) is 17.6. The molecule has 0 heterocycles. The van der Waals surface area contributed by atoms with Gasteiger partial charge >= 0.3 is 0 Å². The predicted octanol–water partition coefficient (Wildman–Crippen LogP) is 7.23. The fourth-order valence-electron chi connectivity index (χ4n) is 5.36. The topological polar surface area (TPSA) is 0 Å². The van der Waals surface area contributed by atoms with Gasteiger partial charge in [-0.1, -0.05) is 142 Å². The van der Waals surface area contributed by atoms with Gasteiger partial charge in [0, 0.05) is 0 Å². The zero-order valence-corrected chi connectivity index (χ0v) is 25.3. The summed E-state index contributed by atoms with van der Waals surface area (Å²) in [4.78, 5) is 0. The molecule has 0 saturated carbocycles. The maximum atomic E-state index is 2.47. The lowest BCUT2D eigenvalue weighted by molar-refractivity contribution is -0.890. The Hall–Kier alpha value is 0.467. The smallest absolute Gasteiger partial charge is 0.0782 e. The molecule has 0 unspecified atom stereocenters. The predicted molar refractivity (Wildman–Crippen MR) is 148 cm³/mol. The van der Waals surface area contributed by atoms with Crippen molar-refractivity contribution in [3.05, 3.63) is 0 Å². The van der Waals surface area contributed by atoms with Crippen LogP contribution in [0.15, 0.2) is 0 Å². The number of hydrogen-bond acceptors (Lipinski definition) is 0. The first-order chi connectivity index (χ1) is 14.9. The average Bonchev–Trinajstić information content (AvgIpc) is 2.76. The molecular formula is C29H64ClNSi. The van der Waals surface area contributed by atoms with Gasteiger partial charge in [-0.2, -0.15) is 0 Å². The van der Waals surface area contributed by atoms with E-state index in [0.717, 1.165) is 0 Å². The van der Waals surface area contributed by atoms with Crippen LogP contribution in [0, 0.1) is 0 Å². The number of nitrogens with zero attached hydrogens (tertiary/aromatic N) is 1. The highest BCUT2D eigenvalue weighted by atomic mass is 35.5. The summed E-state index contributed by atoms with van der Waals surface area (Å²) >= 11 is 0. The molecule has 0 aliphatic rings.